The lowest BCUT2D eigenvalue weighted by atomic mass is 10.2. The molecule has 0 atom stereocenters. The van der Waals surface area contributed by atoms with Gasteiger partial charge in [-0.25, -0.2) is 4.79 Å². The van der Waals surface area contributed by atoms with Crippen molar-refractivity contribution in [1.82, 2.24) is 19.3 Å². The number of nitrogens with zero attached hydrogens (tertiary/aromatic N) is 5. The van der Waals surface area contributed by atoms with E-state index in [0.717, 1.165) is 41.7 Å². The second kappa shape index (κ2) is 9.43. The van der Waals surface area contributed by atoms with Crippen LogP contribution >= 0.6 is 11.8 Å². The minimum absolute atomic E-state index is 0.326. The van der Waals surface area contributed by atoms with Gasteiger partial charge in [-0.3, -0.25) is 4.57 Å². The monoisotopic (exact) mass is 437 g/mol. The summed E-state index contributed by atoms with van der Waals surface area (Å²) in [5.74, 6) is 1.23. The maximum absolute atomic E-state index is 12.2. The zero-order valence-electron chi connectivity index (χ0n) is 18.1. The first-order chi connectivity index (χ1) is 15.2. The van der Waals surface area contributed by atoms with Crippen molar-refractivity contribution in [2.75, 3.05) is 23.7 Å². The Morgan fingerprint density at radius 2 is 1.71 bits per heavy atom. The van der Waals surface area contributed by atoms with E-state index >= 15 is 0 Å². The summed E-state index contributed by atoms with van der Waals surface area (Å²) < 4.78 is 9.10. The normalized spacial score (nSPS) is 11.3. The number of anilines is 1. The highest BCUT2D eigenvalue weighted by molar-refractivity contribution is 7.99. The fourth-order valence-electron chi connectivity index (χ4n) is 3.76. The quantitative estimate of drug-likeness (QED) is 0.359. The Hall–Kier alpha value is -3.00. The zero-order valence-corrected chi connectivity index (χ0v) is 18.9. The molecule has 2 aromatic carbocycles. The van der Waals surface area contributed by atoms with Gasteiger partial charge < -0.3 is 13.9 Å². The number of thioether (sulfide) groups is 1. The largest absolute Gasteiger partial charge is 0.419 e. The Morgan fingerprint density at radius 3 is 2.42 bits per heavy atom. The highest BCUT2D eigenvalue weighted by atomic mass is 32.2. The standard InChI is InChI=1S/C23H27N5O2S/c1-4-26(5-2)18-13-11-17(12-14-18)21-24-25-22(27(21)6-3)31-16-15-28-19-9-7-8-10-20(19)30-23(28)29/h7-14H,4-6,15-16H2,1-3H3. The SMILES string of the molecule is CCN(CC)c1ccc(-c2nnc(SCCn3c(=O)oc4ccccc43)n2CC)cc1. The molecule has 0 N–H and O–H groups in total. The van der Waals surface area contributed by atoms with Crippen molar-refractivity contribution in [3.05, 3.63) is 59.1 Å². The van der Waals surface area contributed by atoms with E-state index in [1.807, 2.05) is 24.3 Å². The molecule has 4 rings (SSSR count). The predicted octanol–water partition coefficient (Wildman–Crippen LogP) is 4.51. The molecule has 0 aliphatic heterocycles. The second-order valence-electron chi connectivity index (χ2n) is 7.11. The molecular weight excluding hydrogens is 410 g/mol. The first-order valence-corrected chi connectivity index (χ1v) is 11.6. The number of aryl methyl sites for hydroxylation is 1. The summed E-state index contributed by atoms with van der Waals surface area (Å²) in [7, 11) is 0. The van der Waals surface area contributed by atoms with E-state index in [1.165, 1.54) is 5.69 Å². The maximum atomic E-state index is 12.2. The van der Waals surface area contributed by atoms with E-state index in [4.69, 9.17) is 4.42 Å². The maximum Gasteiger partial charge on any atom is 0.419 e. The van der Waals surface area contributed by atoms with E-state index in [-0.39, 0.29) is 5.76 Å². The van der Waals surface area contributed by atoms with Crippen LogP contribution in [0.1, 0.15) is 20.8 Å². The fraction of sp³-hybridized carbons (Fsp3) is 0.348. The van der Waals surface area contributed by atoms with Gasteiger partial charge >= 0.3 is 5.76 Å². The molecule has 0 unspecified atom stereocenters. The molecule has 0 spiro atoms. The van der Waals surface area contributed by atoms with Gasteiger partial charge in [-0.15, -0.1) is 10.2 Å². The molecule has 0 fully saturated rings. The Morgan fingerprint density at radius 1 is 0.968 bits per heavy atom. The number of para-hydroxylation sites is 2. The van der Waals surface area contributed by atoms with Crippen LogP contribution < -0.4 is 10.7 Å². The molecule has 0 amide bonds. The lowest BCUT2D eigenvalue weighted by Gasteiger charge is -2.21. The summed E-state index contributed by atoms with van der Waals surface area (Å²) in [4.78, 5) is 14.5. The average Bonchev–Trinajstić information content (AvgIpc) is 3.35. The summed E-state index contributed by atoms with van der Waals surface area (Å²) in [6.45, 7) is 9.70. The molecule has 8 heteroatoms. The second-order valence-corrected chi connectivity index (χ2v) is 8.17. The number of fused-ring (bicyclic) bond motifs is 1. The Balaban J connectivity index is 1.49. The highest BCUT2D eigenvalue weighted by Crippen LogP contribution is 2.26. The summed E-state index contributed by atoms with van der Waals surface area (Å²) >= 11 is 1.60. The molecule has 162 valence electrons. The highest BCUT2D eigenvalue weighted by Gasteiger charge is 2.15. The van der Waals surface area contributed by atoms with Gasteiger partial charge in [0.15, 0.2) is 16.6 Å². The first-order valence-electron chi connectivity index (χ1n) is 10.7. The molecule has 7 nitrogen and oxygen atoms in total. The van der Waals surface area contributed by atoms with Crippen LogP contribution in [-0.4, -0.2) is 38.2 Å². The van der Waals surface area contributed by atoms with E-state index in [0.29, 0.717) is 17.9 Å². The summed E-state index contributed by atoms with van der Waals surface area (Å²) in [5, 5.41) is 9.71. The molecule has 2 aromatic heterocycles. The van der Waals surface area contributed by atoms with E-state index in [2.05, 4.69) is 64.7 Å². The van der Waals surface area contributed by atoms with Gasteiger partial charge in [0.25, 0.3) is 0 Å². The van der Waals surface area contributed by atoms with Crippen molar-refractivity contribution in [2.45, 2.75) is 39.0 Å². The smallest absolute Gasteiger partial charge is 0.408 e. The third-order valence-electron chi connectivity index (χ3n) is 5.41. The third kappa shape index (κ3) is 4.25. The van der Waals surface area contributed by atoms with Gasteiger partial charge in [-0.2, -0.15) is 0 Å². The van der Waals surface area contributed by atoms with Gasteiger partial charge in [-0.05, 0) is 57.2 Å². The van der Waals surface area contributed by atoms with Crippen LogP contribution in [0.15, 0.2) is 62.9 Å². The van der Waals surface area contributed by atoms with Crippen LogP contribution in [-0.2, 0) is 13.1 Å². The number of hydrogen-bond acceptors (Lipinski definition) is 6. The fourth-order valence-corrected chi connectivity index (χ4v) is 4.68. The Kier molecular flexibility index (Phi) is 6.46. The van der Waals surface area contributed by atoms with Gasteiger partial charge in [0.1, 0.15) is 0 Å². The number of benzene rings is 2. The van der Waals surface area contributed by atoms with Crippen LogP contribution in [0.2, 0.25) is 0 Å². The Bertz CT molecular complexity index is 1200. The van der Waals surface area contributed by atoms with Gasteiger partial charge in [0.2, 0.25) is 0 Å². The molecule has 0 radical (unpaired) electrons. The number of rotatable bonds is 9. The summed E-state index contributed by atoms with van der Waals surface area (Å²) in [6.07, 6.45) is 0. The summed E-state index contributed by atoms with van der Waals surface area (Å²) in [6, 6.07) is 16.0. The van der Waals surface area contributed by atoms with Crippen LogP contribution in [0.25, 0.3) is 22.5 Å². The van der Waals surface area contributed by atoms with Crippen LogP contribution in [0.3, 0.4) is 0 Å². The summed E-state index contributed by atoms with van der Waals surface area (Å²) in [5.41, 5.74) is 3.70. The van der Waals surface area contributed by atoms with Crippen molar-refractivity contribution in [2.24, 2.45) is 0 Å². The minimum atomic E-state index is -0.326. The van der Waals surface area contributed by atoms with Gasteiger partial charge in [-0.1, -0.05) is 23.9 Å². The van der Waals surface area contributed by atoms with Crippen molar-refractivity contribution >= 4 is 28.5 Å². The van der Waals surface area contributed by atoms with Gasteiger partial charge in [0.05, 0.1) is 5.52 Å². The third-order valence-corrected chi connectivity index (χ3v) is 6.35. The van der Waals surface area contributed by atoms with Crippen molar-refractivity contribution in [3.8, 4) is 11.4 Å². The lowest BCUT2D eigenvalue weighted by Crippen LogP contribution is -2.21. The molecule has 0 saturated heterocycles. The first kappa shape index (κ1) is 21.2. The van der Waals surface area contributed by atoms with Crippen LogP contribution in [0.5, 0.6) is 0 Å². The van der Waals surface area contributed by atoms with E-state index in [9.17, 15) is 4.79 Å². The molecule has 0 saturated carbocycles. The molecule has 0 aliphatic carbocycles. The molecule has 0 aliphatic rings. The van der Waals surface area contributed by atoms with Crippen molar-refractivity contribution < 1.29 is 4.42 Å². The minimum Gasteiger partial charge on any atom is -0.408 e. The van der Waals surface area contributed by atoms with Crippen LogP contribution in [0.4, 0.5) is 5.69 Å². The van der Waals surface area contributed by atoms with Crippen molar-refractivity contribution in [3.63, 3.8) is 0 Å². The van der Waals surface area contributed by atoms with Crippen LogP contribution in [0, 0.1) is 0 Å². The lowest BCUT2D eigenvalue weighted by molar-refractivity contribution is 0.514. The van der Waals surface area contributed by atoms with E-state index in [1.54, 1.807) is 16.3 Å². The molecule has 4 aromatic rings. The number of aromatic nitrogens is 4. The molecule has 2 heterocycles. The molecular formula is C23H27N5O2S. The van der Waals surface area contributed by atoms with Gasteiger partial charge in [0, 0.05) is 43.2 Å². The van der Waals surface area contributed by atoms with Crippen molar-refractivity contribution in [1.29, 1.82) is 0 Å². The Labute approximate surface area is 185 Å². The number of hydrogen-bond donors (Lipinski definition) is 0. The van der Waals surface area contributed by atoms with E-state index < -0.39 is 0 Å². The zero-order chi connectivity index (χ0) is 21.8. The molecule has 0 bridgehead atoms. The number of oxazole rings is 1. The average molecular weight is 438 g/mol. The predicted molar refractivity (Wildman–Crippen MR) is 126 cm³/mol. The topological polar surface area (TPSA) is 69.1 Å². The molecule has 31 heavy (non-hydrogen) atoms.